The zero-order chi connectivity index (χ0) is 29.5. The van der Waals surface area contributed by atoms with Gasteiger partial charge in [0, 0.05) is 71.1 Å². The van der Waals surface area contributed by atoms with Crippen molar-refractivity contribution in [3.63, 3.8) is 0 Å². The summed E-state index contributed by atoms with van der Waals surface area (Å²) in [6.45, 7) is 44.8. The van der Waals surface area contributed by atoms with Gasteiger partial charge in [-0.25, -0.2) is 0 Å². The van der Waals surface area contributed by atoms with Crippen LogP contribution in [0.1, 0.15) is 161 Å². The molecule has 0 unspecified atom stereocenters. The van der Waals surface area contributed by atoms with E-state index in [4.69, 9.17) is 5.73 Å². The van der Waals surface area contributed by atoms with E-state index < -0.39 is 0 Å². The van der Waals surface area contributed by atoms with Gasteiger partial charge in [-0.3, -0.25) is 0 Å². The predicted octanol–water partition coefficient (Wildman–Crippen LogP) is 11.8. The molecule has 0 aliphatic heterocycles. The molecular weight excluding hydrogens is 616 g/mol. The van der Waals surface area contributed by atoms with Crippen molar-refractivity contribution in [2.75, 3.05) is 0 Å². The van der Waals surface area contributed by atoms with E-state index in [1.807, 2.05) is 19.9 Å². The Balaban J connectivity index is -0.0000000441. The molecule has 0 atom stereocenters. The van der Waals surface area contributed by atoms with Gasteiger partial charge in [-0.05, 0) is 42.9 Å². The van der Waals surface area contributed by atoms with Crippen molar-refractivity contribution in [3.05, 3.63) is 38.8 Å². The SMILES string of the molecule is C=C(N)CCC(C)(C)CCCC(C)C.C=CCC.CC.CCC.O.[CH2-]C.[CH2-]CC(C)(C)CCC(C)C.[Y].[Y]. The summed E-state index contributed by atoms with van der Waals surface area (Å²) in [5.74, 6) is 1.67. The van der Waals surface area contributed by atoms with Crippen molar-refractivity contribution >= 4 is 0 Å². The summed E-state index contributed by atoms with van der Waals surface area (Å²) in [7, 11) is 0. The Morgan fingerprint density at radius 1 is 0.816 bits per heavy atom. The number of allylic oxidation sites excluding steroid dienone is 2. The summed E-state index contributed by atoms with van der Waals surface area (Å²) < 4.78 is 0. The van der Waals surface area contributed by atoms with Crippen LogP contribution in [0.4, 0.5) is 0 Å². The van der Waals surface area contributed by atoms with E-state index in [1.165, 1.54) is 44.9 Å². The van der Waals surface area contributed by atoms with Crippen LogP contribution in [0.25, 0.3) is 0 Å². The summed E-state index contributed by atoms with van der Waals surface area (Å²) in [5.41, 5.74) is 7.29. The first kappa shape index (κ1) is 62.9. The molecule has 38 heavy (non-hydrogen) atoms. The fraction of sp³-hybridized carbons (Fsp3) is 0.824. The Bertz CT molecular complexity index is 392. The molecule has 0 bridgehead atoms. The minimum Gasteiger partial charge on any atom is -0.412 e. The minimum absolute atomic E-state index is 0. The van der Waals surface area contributed by atoms with E-state index in [9.17, 15) is 0 Å². The molecule has 0 heterocycles. The molecule has 0 aromatic rings. The quantitative estimate of drug-likeness (QED) is 0.161. The summed E-state index contributed by atoms with van der Waals surface area (Å²) >= 11 is 0. The summed E-state index contributed by atoms with van der Waals surface area (Å²) in [4.78, 5) is 0. The molecule has 0 aliphatic carbocycles. The van der Waals surface area contributed by atoms with Gasteiger partial charge in [0.2, 0.25) is 0 Å². The zero-order valence-corrected chi connectivity index (χ0v) is 35.0. The molecule has 232 valence electrons. The van der Waals surface area contributed by atoms with Gasteiger partial charge in [0.05, 0.1) is 0 Å². The summed E-state index contributed by atoms with van der Waals surface area (Å²) in [5, 5.41) is 0. The van der Waals surface area contributed by atoms with E-state index >= 15 is 0 Å². The zero-order valence-electron chi connectivity index (χ0n) is 29.4. The third-order valence-electron chi connectivity index (χ3n) is 5.12. The Morgan fingerprint density at radius 2 is 1.16 bits per heavy atom. The monoisotopic (exact) mass is 693 g/mol. The Hall–Kier alpha value is 1.45. The maximum absolute atomic E-state index is 5.58. The molecule has 0 rings (SSSR count). The first-order valence-corrected chi connectivity index (χ1v) is 14.7. The van der Waals surface area contributed by atoms with Crippen molar-refractivity contribution in [1.82, 2.24) is 0 Å². The van der Waals surface area contributed by atoms with Crippen LogP contribution in [0.2, 0.25) is 0 Å². The van der Waals surface area contributed by atoms with Crippen molar-refractivity contribution in [2.24, 2.45) is 28.4 Å². The van der Waals surface area contributed by atoms with Crippen LogP contribution in [0.5, 0.6) is 0 Å². The Labute approximate surface area is 296 Å². The van der Waals surface area contributed by atoms with Gasteiger partial charge >= 0.3 is 0 Å². The van der Waals surface area contributed by atoms with Gasteiger partial charge < -0.3 is 25.1 Å². The standard InChI is InChI=1S/C13H27N.C10H21.C4H8.C3H8.C2H6.C2H5.H2O.2Y/c1-11(2)7-6-9-13(4,5)10-8-12(3)14;1-6-10(4,5)8-7-9(2)3;1-3-4-2;1-3-2;2*1-2;;;/h11H,3,6-10,14H2,1-2,4-5H3;9H,1,6-8H2,2-5H3;3H,1,4H2,2H3;3H2,1-2H3;1-2H3;1H2,2H3;1H2;;/q;-1;;;;-1;;;. The minimum atomic E-state index is 0. The van der Waals surface area contributed by atoms with Crippen LogP contribution in [-0.2, 0) is 65.4 Å². The maximum atomic E-state index is 5.58. The molecule has 0 aliphatic rings. The number of rotatable bonds is 12. The molecule has 2 nitrogen and oxygen atoms in total. The third kappa shape index (κ3) is 83.2. The van der Waals surface area contributed by atoms with Crippen LogP contribution in [-0.4, -0.2) is 5.48 Å². The first-order valence-electron chi connectivity index (χ1n) is 14.7. The average molecular weight is 694 g/mol. The van der Waals surface area contributed by atoms with Gasteiger partial charge in [-0.2, -0.15) is 13.3 Å². The number of hydrogen-bond acceptors (Lipinski definition) is 1. The summed E-state index contributed by atoms with van der Waals surface area (Å²) in [6, 6.07) is 0. The maximum Gasteiger partial charge on any atom is 0.000764 e. The molecule has 0 fully saturated rings. The number of hydrogen-bond donors (Lipinski definition) is 1. The van der Waals surface area contributed by atoms with Gasteiger partial charge in [-0.1, -0.05) is 140 Å². The van der Waals surface area contributed by atoms with Crippen molar-refractivity contribution in [2.45, 2.75) is 161 Å². The normalized spacial score (nSPS) is 9.21. The van der Waals surface area contributed by atoms with Gasteiger partial charge in [0.15, 0.2) is 0 Å². The Morgan fingerprint density at radius 3 is 1.39 bits per heavy atom. The van der Waals surface area contributed by atoms with E-state index in [1.54, 1.807) is 6.92 Å². The van der Waals surface area contributed by atoms with E-state index in [0.29, 0.717) is 10.8 Å². The smallest absolute Gasteiger partial charge is 0.000764 e. The molecule has 0 saturated carbocycles. The van der Waals surface area contributed by atoms with Crippen LogP contribution in [0.15, 0.2) is 24.9 Å². The fourth-order valence-electron chi connectivity index (χ4n) is 2.42. The fourth-order valence-corrected chi connectivity index (χ4v) is 2.42. The van der Waals surface area contributed by atoms with Gasteiger partial charge in [-0.15, -0.1) is 6.58 Å². The molecule has 4 heteroatoms. The first-order chi connectivity index (χ1) is 16.1. The van der Waals surface area contributed by atoms with E-state index in [-0.39, 0.29) is 70.9 Å². The van der Waals surface area contributed by atoms with E-state index in [2.05, 4.69) is 103 Å². The van der Waals surface area contributed by atoms with Crippen LogP contribution in [0.3, 0.4) is 0 Å². The van der Waals surface area contributed by atoms with Gasteiger partial charge in [0.1, 0.15) is 0 Å². The van der Waals surface area contributed by atoms with Crippen molar-refractivity contribution in [1.29, 1.82) is 0 Å². The molecule has 0 aromatic carbocycles. The number of nitrogens with two attached hydrogens (primary N) is 1. The van der Waals surface area contributed by atoms with Crippen molar-refractivity contribution < 1.29 is 70.9 Å². The van der Waals surface area contributed by atoms with Crippen LogP contribution < -0.4 is 5.73 Å². The third-order valence-corrected chi connectivity index (χ3v) is 5.12. The molecule has 0 saturated heterocycles. The summed E-state index contributed by atoms with van der Waals surface area (Å²) in [6.07, 6.45) is 14.0. The van der Waals surface area contributed by atoms with Crippen LogP contribution in [0, 0.1) is 36.5 Å². The molecule has 2 radical (unpaired) electrons. The van der Waals surface area contributed by atoms with Crippen LogP contribution >= 0.6 is 0 Å². The van der Waals surface area contributed by atoms with E-state index in [0.717, 1.165) is 36.8 Å². The van der Waals surface area contributed by atoms with Gasteiger partial charge in [0.25, 0.3) is 0 Å². The second-order valence-corrected chi connectivity index (χ2v) is 11.4. The second kappa shape index (κ2) is 48.2. The Kier molecular flexibility index (Phi) is 79.8. The largest absolute Gasteiger partial charge is 0.412 e. The molecule has 0 spiro atoms. The molecule has 0 amide bonds. The predicted molar refractivity (Wildman–Crippen MR) is 175 cm³/mol. The van der Waals surface area contributed by atoms with Crippen molar-refractivity contribution in [3.8, 4) is 0 Å². The average Bonchev–Trinajstić information content (AvgIpc) is 2.80. The molecular formula is C34H77NOY2-2. The molecule has 0 aromatic heterocycles. The second-order valence-electron chi connectivity index (χ2n) is 11.4. The topological polar surface area (TPSA) is 57.5 Å². The molecule has 4 N–H and O–H groups in total.